The summed E-state index contributed by atoms with van der Waals surface area (Å²) in [5.74, 6) is 0. The predicted molar refractivity (Wildman–Crippen MR) is 32.5 cm³/mol. The summed E-state index contributed by atoms with van der Waals surface area (Å²) in [6.07, 6.45) is -1.94. The predicted octanol–water partition coefficient (Wildman–Crippen LogP) is 2.91. The van der Waals surface area contributed by atoms with Gasteiger partial charge in [-0.25, -0.2) is 0 Å². The molecule has 0 bridgehead atoms. The van der Waals surface area contributed by atoms with Crippen LogP contribution in [0.2, 0.25) is 0 Å². The smallest absolute Gasteiger partial charge is 0.170 e. The van der Waals surface area contributed by atoms with Gasteiger partial charge >= 0.3 is 6.18 Å². The Labute approximate surface area is 57.7 Å². The molecule has 0 aromatic rings. The minimum atomic E-state index is -4.09. The number of halogens is 3. The Morgan fingerprint density at radius 1 is 1.30 bits per heavy atom. The lowest BCUT2D eigenvalue weighted by Gasteiger charge is -2.25. The molecule has 10 heavy (non-hydrogen) atoms. The molecule has 0 spiro atoms. The molecule has 0 aromatic carbocycles. The van der Waals surface area contributed by atoms with E-state index >= 15 is 0 Å². The van der Waals surface area contributed by atoms with Crippen LogP contribution in [0.3, 0.4) is 0 Å². The molecule has 58 valence electrons. The molecule has 0 heterocycles. The van der Waals surface area contributed by atoms with Crippen molar-refractivity contribution in [1.82, 2.24) is 0 Å². The first-order valence-corrected chi connectivity index (χ1v) is 3.12. The Hall–Kier alpha value is -0.470. The van der Waals surface area contributed by atoms with Crippen molar-refractivity contribution in [1.29, 1.82) is 0 Å². The standard InChI is InChI=1S/C7H9F3/c1-6(2,5-3-4-5)7(8,9)10/h3H,4H2,1-2H3. The van der Waals surface area contributed by atoms with Crippen LogP contribution in [-0.4, -0.2) is 6.18 Å². The van der Waals surface area contributed by atoms with Crippen LogP contribution in [0, 0.1) is 5.41 Å². The largest absolute Gasteiger partial charge is 0.397 e. The van der Waals surface area contributed by atoms with E-state index < -0.39 is 11.6 Å². The van der Waals surface area contributed by atoms with Crippen molar-refractivity contribution in [2.75, 3.05) is 0 Å². The lowest BCUT2D eigenvalue weighted by atomic mass is 9.89. The minimum absolute atomic E-state index is 0.514. The van der Waals surface area contributed by atoms with Crippen molar-refractivity contribution in [2.24, 2.45) is 5.41 Å². The van der Waals surface area contributed by atoms with E-state index in [0.717, 1.165) is 0 Å². The van der Waals surface area contributed by atoms with E-state index in [2.05, 4.69) is 0 Å². The normalized spacial score (nSPS) is 18.7. The Kier molecular flexibility index (Phi) is 1.35. The van der Waals surface area contributed by atoms with Crippen molar-refractivity contribution in [2.45, 2.75) is 26.4 Å². The molecule has 0 nitrogen and oxygen atoms in total. The average Bonchev–Trinajstić information content (AvgIpc) is 2.38. The van der Waals surface area contributed by atoms with Crippen molar-refractivity contribution in [3.05, 3.63) is 11.6 Å². The van der Waals surface area contributed by atoms with E-state index in [9.17, 15) is 13.2 Å². The highest BCUT2D eigenvalue weighted by Gasteiger charge is 2.51. The Bertz CT molecular complexity index is 174. The number of allylic oxidation sites excluding steroid dienone is 2. The van der Waals surface area contributed by atoms with Crippen LogP contribution in [0.15, 0.2) is 11.6 Å². The summed E-state index contributed by atoms with van der Waals surface area (Å²) in [6.45, 7) is 2.43. The van der Waals surface area contributed by atoms with Gasteiger partial charge in [-0.05, 0) is 20.3 Å². The molecular formula is C7H9F3. The number of alkyl halides is 3. The van der Waals surface area contributed by atoms with Gasteiger partial charge < -0.3 is 0 Å². The van der Waals surface area contributed by atoms with Gasteiger partial charge in [0.15, 0.2) is 0 Å². The van der Waals surface area contributed by atoms with E-state index in [1.54, 1.807) is 6.08 Å². The molecule has 1 rings (SSSR count). The lowest BCUT2D eigenvalue weighted by molar-refractivity contribution is -0.196. The molecule has 0 N–H and O–H groups in total. The molecule has 0 saturated heterocycles. The molecule has 0 aromatic heterocycles. The fourth-order valence-corrected chi connectivity index (χ4v) is 0.743. The second kappa shape index (κ2) is 1.77. The van der Waals surface area contributed by atoms with Gasteiger partial charge in [0.1, 0.15) is 0 Å². The summed E-state index contributed by atoms with van der Waals surface area (Å²) >= 11 is 0. The Morgan fingerprint density at radius 3 is 1.80 bits per heavy atom. The molecule has 1 aliphatic carbocycles. The van der Waals surface area contributed by atoms with E-state index in [-0.39, 0.29) is 0 Å². The van der Waals surface area contributed by atoms with Gasteiger partial charge in [0.25, 0.3) is 0 Å². The molecule has 0 saturated carbocycles. The molecule has 1 aliphatic rings. The summed E-state index contributed by atoms with van der Waals surface area (Å²) in [6, 6.07) is 0. The van der Waals surface area contributed by atoms with Crippen LogP contribution in [0.25, 0.3) is 0 Å². The Morgan fingerprint density at radius 2 is 1.70 bits per heavy atom. The van der Waals surface area contributed by atoms with Gasteiger partial charge in [-0.3, -0.25) is 0 Å². The monoisotopic (exact) mass is 150 g/mol. The van der Waals surface area contributed by atoms with Crippen LogP contribution < -0.4 is 0 Å². The first-order chi connectivity index (χ1) is 4.36. The minimum Gasteiger partial charge on any atom is -0.170 e. The van der Waals surface area contributed by atoms with Crippen molar-refractivity contribution < 1.29 is 13.2 Å². The molecule has 0 amide bonds. The van der Waals surface area contributed by atoms with Gasteiger partial charge in [0.05, 0.1) is 5.41 Å². The number of hydrogen-bond acceptors (Lipinski definition) is 0. The molecule has 0 atom stereocenters. The molecule has 0 unspecified atom stereocenters. The van der Waals surface area contributed by atoms with Gasteiger partial charge in [-0.1, -0.05) is 11.6 Å². The molecule has 0 radical (unpaired) electrons. The van der Waals surface area contributed by atoms with Crippen LogP contribution in [-0.2, 0) is 0 Å². The maximum Gasteiger partial charge on any atom is 0.397 e. The van der Waals surface area contributed by atoms with Crippen LogP contribution in [0.4, 0.5) is 13.2 Å². The zero-order valence-corrected chi connectivity index (χ0v) is 5.92. The average molecular weight is 150 g/mol. The highest BCUT2D eigenvalue weighted by Crippen LogP contribution is 2.49. The van der Waals surface area contributed by atoms with Crippen molar-refractivity contribution in [3.8, 4) is 0 Å². The summed E-state index contributed by atoms with van der Waals surface area (Å²) in [5.41, 5.74) is -1.08. The van der Waals surface area contributed by atoms with Gasteiger partial charge in [0.2, 0.25) is 0 Å². The summed E-state index contributed by atoms with van der Waals surface area (Å²) in [5, 5.41) is 0. The first kappa shape index (κ1) is 7.63. The second-order valence-corrected chi connectivity index (χ2v) is 3.06. The van der Waals surface area contributed by atoms with Crippen molar-refractivity contribution in [3.63, 3.8) is 0 Å². The quantitative estimate of drug-likeness (QED) is 0.504. The van der Waals surface area contributed by atoms with Gasteiger partial charge in [0, 0.05) is 0 Å². The lowest BCUT2D eigenvalue weighted by Crippen LogP contribution is -2.31. The van der Waals surface area contributed by atoms with Crippen LogP contribution in [0.5, 0.6) is 0 Å². The fourth-order valence-electron chi connectivity index (χ4n) is 0.743. The summed E-state index contributed by atoms with van der Waals surface area (Å²) in [7, 11) is 0. The maximum absolute atomic E-state index is 12.1. The molecule has 3 heteroatoms. The highest BCUT2D eigenvalue weighted by atomic mass is 19.4. The zero-order chi connectivity index (χ0) is 7.99. The first-order valence-electron chi connectivity index (χ1n) is 3.12. The number of hydrogen-bond donors (Lipinski definition) is 0. The molecule has 0 aliphatic heterocycles. The van der Waals surface area contributed by atoms with E-state index in [0.29, 0.717) is 12.0 Å². The summed E-state index contributed by atoms with van der Waals surface area (Å²) < 4.78 is 36.2. The van der Waals surface area contributed by atoms with E-state index in [1.165, 1.54) is 13.8 Å². The molecule has 0 fully saturated rings. The Balaban J connectivity index is 2.76. The number of rotatable bonds is 1. The van der Waals surface area contributed by atoms with Gasteiger partial charge in [-0.2, -0.15) is 13.2 Å². The topological polar surface area (TPSA) is 0 Å². The van der Waals surface area contributed by atoms with E-state index in [4.69, 9.17) is 0 Å². The third kappa shape index (κ3) is 1.04. The van der Waals surface area contributed by atoms with Crippen LogP contribution in [0.1, 0.15) is 20.3 Å². The summed E-state index contributed by atoms with van der Waals surface area (Å²) in [4.78, 5) is 0. The SMILES string of the molecule is CC(C)(C1=CC1)C(F)(F)F. The maximum atomic E-state index is 12.1. The van der Waals surface area contributed by atoms with Crippen LogP contribution >= 0.6 is 0 Å². The molecular weight excluding hydrogens is 141 g/mol. The highest BCUT2D eigenvalue weighted by molar-refractivity contribution is 5.30. The third-order valence-corrected chi connectivity index (χ3v) is 1.92. The fraction of sp³-hybridized carbons (Fsp3) is 0.714. The third-order valence-electron chi connectivity index (χ3n) is 1.92. The van der Waals surface area contributed by atoms with Gasteiger partial charge in [-0.15, -0.1) is 0 Å². The van der Waals surface area contributed by atoms with Crippen molar-refractivity contribution >= 4 is 0 Å². The van der Waals surface area contributed by atoms with E-state index in [1.807, 2.05) is 0 Å². The second-order valence-electron chi connectivity index (χ2n) is 3.06. The zero-order valence-electron chi connectivity index (χ0n) is 5.92.